The average molecular weight is 293 g/mol. The summed E-state index contributed by atoms with van der Waals surface area (Å²) in [4.78, 5) is 21.9. The van der Waals surface area contributed by atoms with E-state index in [0.29, 0.717) is 12.8 Å². The Balaban J connectivity index is 1.96. The second-order valence-corrected chi connectivity index (χ2v) is 5.36. The number of carbonyl (C=O) groups is 1. The van der Waals surface area contributed by atoms with E-state index in [0.717, 1.165) is 12.8 Å². The van der Waals surface area contributed by atoms with Crippen LogP contribution in [-0.2, 0) is 4.79 Å². The summed E-state index contributed by atoms with van der Waals surface area (Å²) in [6, 6.07) is 6.20. The molecule has 0 radical (unpaired) electrons. The Bertz CT molecular complexity index is 549. The van der Waals surface area contributed by atoms with Gasteiger partial charge in [-0.15, -0.1) is 0 Å². The lowest BCUT2D eigenvalue weighted by atomic mass is 9.85. The molecule has 0 aliphatic heterocycles. The molecule has 1 aromatic rings. The predicted octanol–water partition coefficient (Wildman–Crippen LogP) is 1.35. The third-order valence-corrected chi connectivity index (χ3v) is 4.12. The molecular formula is C14H19N3O4. The van der Waals surface area contributed by atoms with Crippen molar-refractivity contribution in [2.45, 2.75) is 31.2 Å². The van der Waals surface area contributed by atoms with E-state index in [-0.39, 0.29) is 24.0 Å². The van der Waals surface area contributed by atoms with Crippen LogP contribution < -0.4 is 16.2 Å². The third-order valence-electron chi connectivity index (χ3n) is 4.12. The summed E-state index contributed by atoms with van der Waals surface area (Å²) in [6.07, 6.45) is 2.80. The molecular weight excluding hydrogens is 274 g/mol. The summed E-state index contributed by atoms with van der Waals surface area (Å²) in [6.45, 7) is 0.266. The molecule has 0 spiro atoms. The summed E-state index contributed by atoms with van der Waals surface area (Å²) in [5.74, 6) is -0.310. The summed E-state index contributed by atoms with van der Waals surface area (Å²) in [5, 5.41) is 10.9. The molecule has 114 valence electrons. The van der Waals surface area contributed by atoms with E-state index in [1.807, 2.05) is 0 Å². The van der Waals surface area contributed by atoms with Gasteiger partial charge in [0.2, 0.25) is 5.91 Å². The molecule has 2 rings (SSSR count). The van der Waals surface area contributed by atoms with Crippen LogP contribution in [0.1, 0.15) is 25.7 Å². The van der Waals surface area contributed by atoms with Crippen LogP contribution in [0.2, 0.25) is 0 Å². The zero-order chi connectivity index (χ0) is 15.5. The zero-order valence-corrected chi connectivity index (χ0v) is 11.7. The molecule has 4 N–H and O–H groups in total. The summed E-state index contributed by atoms with van der Waals surface area (Å²) in [5.41, 5.74) is 10.4. The van der Waals surface area contributed by atoms with Gasteiger partial charge in [-0.05, 0) is 31.2 Å². The monoisotopic (exact) mass is 293 g/mol. The van der Waals surface area contributed by atoms with Crippen molar-refractivity contribution in [1.29, 1.82) is 0 Å². The van der Waals surface area contributed by atoms with Crippen LogP contribution in [0.3, 0.4) is 0 Å². The molecule has 2 unspecified atom stereocenters. The Morgan fingerprint density at radius 3 is 2.86 bits per heavy atom. The quantitative estimate of drug-likeness (QED) is 0.605. The third kappa shape index (κ3) is 3.13. The number of hydrogen-bond acceptors (Lipinski definition) is 5. The van der Waals surface area contributed by atoms with Crippen LogP contribution in [0.25, 0.3) is 0 Å². The summed E-state index contributed by atoms with van der Waals surface area (Å²) in [7, 11) is 0. The summed E-state index contributed by atoms with van der Waals surface area (Å²) < 4.78 is 5.48. The second-order valence-electron chi connectivity index (χ2n) is 5.36. The van der Waals surface area contributed by atoms with E-state index in [1.54, 1.807) is 18.2 Å². The number of nitrogens with zero attached hydrogens (tertiary/aromatic N) is 1. The van der Waals surface area contributed by atoms with Crippen LogP contribution in [0.4, 0.5) is 5.69 Å². The highest BCUT2D eigenvalue weighted by atomic mass is 16.6. The number of nitro benzene ring substituents is 1. The van der Waals surface area contributed by atoms with Crippen LogP contribution in [0.15, 0.2) is 24.3 Å². The average Bonchev–Trinajstić information content (AvgIpc) is 2.82. The van der Waals surface area contributed by atoms with Gasteiger partial charge < -0.3 is 16.2 Å². The first-order valence-electron chi connectivity index (χ1n) is 6.90. The first-order valence-corrected chi connectivity index (χ1v) is 6.90. The van der Waals surface area contributed by atoms with Gasteiger partial charge in [0.05, 0.1) is 17.1 Å². The van der Waals surface area contributed by atoms with Gasteiger partial charge in [0.1, 0.15) is 0 Å². The van der Waals surface area contributed by atoms with Gasteiger partial charge >= 0.3 is 5.69 Å². The molecule has 7 nitrogen and oxygen atoms in total. The number of ether oxygens (including phenoxy) is 1. The molecule has 0 bridgehead atoms. The number of amides is 1. The highest BCUT2D eigenvalue weighted by Gasteiger charge is 2.44. The largest absolute Gasteiger partial charge is 0.487 e. The van der Waals surface area contributed by atoms with Gasteiger partial charge in [-0.3, -0.25) is 14.9 Å². The number of carbonyl (C=O) groups excluding carboxylic acids is 1. The van der Waals surface area contributed by atoms with Crippen LogP contribution in [-0.4, -0.2) is 23.0 Å². The van der Waals surface area contributed by atoms with Crippen LogP contribution in [0, 0.1) is 16.0 Å². The maximum atomic E-state index is 11.5. The van der Waals surface area contributed by atoms with Gasteiger partial charge in [-0.2, -0.15) is 0 Å². The number of para-hydroxylation sites is 2. The number of hydrogen-bond donors (Lipinski definition) is 2. The molecule has 0 saturated heterocycles. The van der Waals surface area contributed by atoms with Crippen molar-refractivity contribution >= 4 is 11.6 Å². The highest BCUT2D eigenvalue weighted by molar-refractivity contribution is 5.85. The molecule has 1 amide bonds. The van der Waals surface area contributed by atoms with Gasteiger partial charge in [0, 0.05) is 6.07 Å². The van der Waals surface area contributed by atoms with Crippen molar-refractivity contribution in [2.24, 2.45) is 17.4 Å². The lowest BCUT2D eigenvalue weighted by Gasteiger charge is -2.27. The normalized spacial score (nSPS) is 24.7. The zero-order valence-electron chi connectivity index (χ0n) is 11.7. The second kappa shape index (κ2) is 6.09. The lowest BCUT2D eigenvalue weighted by Crippen LogP contribution is -2.54. The Hall–Kier alpha value is -2.15. The first kappa shape index (κ1) is 15.2. The molecule has 7 heteroatoms. The van der Waals surface area contributed by atoms with E-state index >= 15 is 0 Å². The fourth-order valence-electron chi connectivity index (χ4n) is 2.87. The summed E-state index contributed by atoms with van der Waals surface area (Å²) >= 11 is 0. The van der Waals surface area contributed by atoms with Gasteiger partial charge in [0.25, 0.3) is 0 Å². The van der Waals surface area contributed by atoms with Gasteiger partial charge in [-0.1, -0.05) is 18.6 Å². The smallest absolute Gasteiger partial charge is 0.310 e. The number of primary amides is 1. The van der Waals surface area contributed by atoms with Crippen molar-refractivity contribution in [3.8, 4) is 5.75 Å². The SMILES string of the molecule is NC(=O)C1(N)CCCC1CCOc1ccccc1[N+](=O)[O-]. The minimum atomic E-state index is -0.980. The van der Waals surface area contributed by atoms with E-state index in [1.165, 1.54) is 6.07 Å². The highest BCUT2D eigenvalue weighted by Crippen LogP contribution is 2.36. The Kier molecular flexibility index (Phi) is 4.42. The molecule has 0 aromatic heterocycles. The minimum Gasteiger partial charge on any atom is -0.487 e. The predicted molar refractivity (Wildman–Crippen MR) is 76.7 cm³/mol. The molecule has 1 aromatic carbocycles. The maximum Gasteiger partial charge on any atom is 0.310 e. The Morgan fingerprint density at radius 1 is 1.48 bits per heavy atom. The lowest BCUT2D eigenvalue weighted by molar-refractivity contribution is -0.385. The number of nitrogens with two attached hydrogens (primary N) is 2. The molecule has 1 saturated carbocycles. The molecule has 21 heavy (non-hydrogen) atoms. The molecule has 1 aliphatic carbocycles. The van der Waals surface area contributed by atoms with E-state index in [9.17, 15) is 14.9 Å². The fraction of sp³-hybridized carbons (Fsp3) is 0.500. The first-order chi connectivity index (χ1) is 9.95. The molecule has 1 aliphatic rings. The number of nitro groups is 1. The molecule has 2 atom stereocenters. The van der Waals surface area contributed by atoms with Crippen molar-refractivity contribution in [3.63, 3.8) is 0 Å². The van der Waals surface area contributed by atoms with Gasteiger partial charge in [-0.25, -0.2) is 0 Å². The number of benzene rings is 1. The van der Waals surface area contributed by atoms with Crippen molar-refractivity contribution < 1.29 is 14.5 Å². The minimum absolute atomic E-state index is 0.0437. The number of rotatable bonds is 6. The molecule has 0 heterocycles. The van der Waals surface area contributed by atoms with Crippen LogP contribution in [0.5, 0.6) is 5.75 Å². The van der Waals surface area contributed by atoms with E-state index < -0.39 is 16.4 Å². The molecule has 1 fully saturated rings. The van der Waals surface area contributed by atoms with Crippen LogP contribution >= 0.6 is 0 Å². The van der Waals surface area contributed by atoms with E-state index in [4.69, 9.17) is 16.2 Å². The van der Waals surface area contributed by atoms with Crippen molar-refractivity contribution in [1.82, 2.24) is 0 Å². The topological polar surface area (TPSA) is 121 Å². The van der Waals surface area contributed by atoms with Crippen molar-refractivity contribution in [2.75, 3.05) is 6.61 Å². The standard InChI is InChI=1S/C14H19N3O4/c15-13(18)14(16)8-3-4-10(14)7-9-21-12-6-2-1-5-11(12)17(19)20/h1-2,5-6,10H,3-4,7-9,16H2,(H2,15,18). The van der Waals surface area contributed by atoms with Crippen molar-refractivity contribution in [3.05, 3.63) is 34.4 Å². The Labute approximate surface area is 122 Å². The van der Waals surface area contributed by atoms with Gasteiger partial charge in [0.15, 0.2) is 5.75 Å². The fourth-order valence-corrected chi connectivity index (χ4v) is 2.87. The maximum absolute atomic E-state index is 11.5. The van der Waals surface area contributed by atoms with E-state index in [2.05, 4.69) is 0 Å². The Morgan fingerprint density at radius 2 is 2.19 bits per heavy atom.